The number of anilines is 1. The fourth-order valence-electron chi connectivity index (χ4n) is 2.67. The highest BCUT2D eigenvalue weighted by Crippen LogP contribution is 2.29. The van der Waals surface area contributed by atoms with Crippen LogP contribution in [0.3, 0.4) is 0 Å². The molecule has 0 aliphatic heterocycles. The van der Waals surface area contributed by atoms with Crippen LogP contribution in [0.5, 0.6) is 11.5 Å². The zero-order valence-corrected chi connectivity index (χ0v) is 19.3. The van der Waals surface area contributed by atoms with E-state index in [-0.39, 0.29) is 27.1 Å². The lowest BCUT2D eigenvalue weighted by molar-refractivity contribution is -0.112. The lowest BCUT2D eigenvalue weighted by atomic mass is 10.1. The monoisotopic (exact) mass is 500 g/mol. The first-order valence-corrected chi connectivity index (χ1v) is 10.5. The third kappa shape index (κ3) is 6.27. The molecule has 3 aromatic rings. The maximum absolute atomic E-state index is 12.5. The number of nitriles is 1. The Morgan fingerprint density at radius 2 is 1.70 bits per heavy atom. The van der Waals surface area contributed by atoms with Crippen LogP contribution in [0.15, 0.2) is 66.2 Å². The summed E-state index contributed by atoms with van der Waals surface area (Å²) in [5.74, 6) is -0.537. The third-order valence-electron chi connectivity index (χ3n) is 4.34. The van der Waals surface area contributed by atoms with E-state index < -0.39 is 11.9 Å². The van der Waals surface area contributed by atoms with Crippen molar-refractivity contribution >= 4 is 58.4 Å². The van der Waals surface area contributed by atoms with Crippen molar-refractivity contribution in [2.45, 2.75) is 0 Å². The molecule has 33 heavy (non-hydrogen) atoms. The van der Waals surface area contributed by atoms with Crippen LogP contribution in [0.25, 0.3) is 6.08 Å². The van der Waals surface area contributed by atoms with Gasteiger partial charge < -0.3 is 14.8 Å². The van der Waals surface area contributed by atoms with Crippen LogP contribution >= 0.6 is 34.8 Å². The molecule has 1 N–H and O–H groups in total. The number of carbonyl (C=O) groups is 2. The molecule has 3 rings (SSSR count). The summed E-state index contributed by atoms with van der Waals surface area (Å²) in [6.45, 7) is 0. The van der Waals surface area contributed by atoms with Crippen molar-refractivity contribution in [3.8, 4) is 17.6 Å². The highest BCUT2D eigenvalue weighted by Gasteiger charge is 2.14. The molecule has 0 saturated carbocycles. The molecule has 0 aliphatic carbocycles. The Labute approximate surface area is 204 Å². The van der Waals surface area contributed by atoms with E-state index in [1.165, 1.54) is 37.5 Å². The van der Waals surface area contributed by atoms with Gasteiger partial charge in [-0.1, -0.05) is 40.9 Å². The summed E-state index contributed by atoms with van der Waals surface area (Å²) in [5, 5.41) is 12.7. The Balaban J connectivity index is 1.75. The van der Waals surface area contributed by atoms with Gasteiger partial charge in [-0.05, 0) is 66.2 Å². The number of hydrogen-bond donors (Lipinski definition) is 1. The van der Waals surface area contributed by atoms with E-state index in [1.54, 1.807) is 36.4 Å². The Morgan fingerprint density at radius 1 is 0.970 bits per heavy atom. The number of halogens is 3. The molecule has 0 heterocycles. The number of rotatable bonds is 6. The first-order chi connectivity index (χ1) is 15.8. The van der Waals surface area contributed by atoms with E-state index in [2.05, 4.69) is 5.32 Å². The largest absolute Gasteiger partial charge is 0.497 e. The van der Waals surface area contributed by atoms with Gasteiger partial charge >= 0.3 is 5.97 Å². The van der Waals surface area contributed by atoms with Gasteiger partial charge in [0.15, 0.2) is 0 Å². The number of nitrogens with zero attached hydrogens (tertiary/aromatic N) is 1. The highest BCUT2D eigenvalue weighted by molar-refractivity contribution is 6.36. The van der Waals surface area contributed by atoms with Crippen LogP contribution in [0.1, 0.15) is 15.9 Å². The predicted octanol–water partition coefficient (Wildman–Crippen LogP) is 6.42. The molecule has 0 radical (unpaired) electrons. The number of benzene rings is 3. The molecule has 6 nitrogen and oxygen atoms in total. The maximum atomic E-state index is 12.5. The molecule has 0 saturated heterocycles. The molecule has 9 heteroatoms. The van der Waals surface area contributed by atoms with E-state index in [4.69, 9.17) is 44.3 Å². The number of carbonyl (C=O) groups excluding carboxylic acids is 2. The summed E-state index contributed by atoms with van der Waals surface area (Å²) in [6.07, 6.45) is 1.34. The van der Waals surface area contributed by atoms with Crippen LogP contribution in [-0.4, -0.2) is 19.0 Å². The van der Waals surface area contributed by atoms with Crippen molar-refractivity contribution in [1.82, 2.24) is 0 Å². The summed E-state index contributed by atoms with van der Waals surface area (Å²) in [4.78, 5) is 24.8. The molecule has 0 unspecified atom stereocenters. The molecule has 3 aromatic carbocycles. The second kappa shape index (κ2) is 10.9. The molecule has 0 atom stereocenters. The van der Waals surface area contributed by atoms with Crippen LogP contribution in [0, 0.1) is 11.3 Å². The number of nitrogens with one attached hydrogen (secondary N) is 1. The minimum Gasteiger partial charge on any atom is -0.497 e. The van der Waals surface area contributed by atoms with Gasteiger partial charge in [0.2, 0.25) is 0 Å². The van der Waals surface area contributed by atoms with Gasteiger partial charge in [-0.15, -0.1) is 0 Å². The minimum absolute atomic E-state index is 0.126. The molecular weight excluding hydrogens is 487 g/mol. The van der Waals surface area contributed by atoms with Crippen molar-refractivity contribution in [3.63, 3.8) is 0 Å². The molecule has 0 aromatic heterocycles. The zero-order valence-electron chi connectivity index (χ0n) is 17.1. The first kappa shape index (κ1) is 24.1. The molecule has 1 amide bonds. The van der Waals surface area contributed by atoms with Gasteiger partial charge in [0.05, 0.1) is 28.4 Å². The molecule has 0 bridgehead atoms. The Kier molecular flexibility index (Phi) is 7.96. The van der Waals surface area contributed by atoms with Crippen LogP contribution in [0.2, 0.25) is 15.1 Å². The van der Waals surface area contributed by atoms with Gasteiger partial charge in [0, 0.05) is 5.02 Å². The lowest BCUT2D eigenvalue weighted by Crippen LogP contribution is -2.13. The molecule has 0 spiro atoms. The minimum atomic E-state index is -0.673. The SMILES string of the molecule is COc1ccc(C(=O)Oc2ccc(/C=C(\C#N)C(=O)Nc3cc(Cl)ccc3Cl)cc2Cl)cc1. The van der Waals surface area contributed by atoms with Gasteiger partial charge in [-0.3, -0.25) is 4.79 Å². The average molecular weight is 502 g/mol. The number of ether oxygens (including phenoxy) is 2. The van der Waals surface area contributed by atoms with Crippen LogP contribution in [0.4, 0.5) is 5.69 Å². The molecule has 0 aliphatic rings. The summed E-state index contributed by atoms with van der Waals surface area (Å²) >= 11 is 18.2. The van der Waals surface area contributed by atoms with E-state index in [1.807, 2.05) is 6.07 Å². The normalized spacial score (nSPS) is 10.8. The van der Waals surface area contributed by atoms with Gasteiger partial charge in [-0.25, -0.2) is 4.79 Å². The van der Waals surface area contributed by atoms with E-state index in [0.29, 0.717) is 21.9 Å². The number of methoxy groups -OCH3 is 1. The Hall–Kier alpha value is -3.50. The highest BCUT2D eigenvalue weighted by atomic mass is 35.5. The summed E-state index contributed by atoms with van der Waals surface area (Å²) in [6, 6.07) is 17.3. The summed E-state index contributed by atoms with van der Waals surface area (Å²) < 4.78 is 10.4. The van der Waals surface area contributed by atoms with Crippen LogP contribution < -0.4 is 14.8 Å². The smallest absolute Gasteiger partial charge is 0.343 e. The zero-order chi connectivity index (χ0) is 24.0. The topological polar surface area (TPSA) is 88.4 Å². The predicted molar refractivity (Wildman–Crippen MR) is 128 cm³/mol. The van der Waals surface area contributed by atoms with Crippen LogP contribution in [-0.2, 0) is 4.79 Å². The fourth-order valence-corrected chi connectivity index (χ4v) is 3.24. The number of esters is 1. The summed E-state index contributed by atoms with van der Waals surface area (Å²) in [7, 11) is 1.52. The van der Waals surface area contributed by atoms with Crippen molar-refractivity contribution in [2.75, 3.05) is 12.4 Å². The van der Waals surface area contributed by atoms with E-state index in [0.717, 1.165) is 0 Å². The standard InChI is InChI=1S/C24H15Cl3N2O4/c1-32-18-6-3-15(4-7-18)24(31)33-22-9-2-14(11-20(22)27)10-16(13-28)23(30)29-21-12-17(25)5-8-19(21)26/h2-12H,1H3,(H,29,30)/b16-10+. The van der Waals surface area contributed by atoms with Gasteiger partial charge in [0.25, 0.3) is 5.91 Å². The average Bonchev–Trinajstić information content (AvgIpc) is 2.81. The fraction of sp³-hybridized carbons (Fsp3) is 0.0417. The van der Waals surface area contributed by atoms with Gasteiger partial charge in [-0.2, -0.15) is 5.26 Å². The summed E-state index contributed by atoms with van der Waals surface area (Å²) in [5.41, 5.74) is 0.853. The molecular formula is C24H15Cl3N2O4. The van der Waals surface area contributed by atoms with E-state index in [9.17, 15) is 14.9 Å². The Bertz CT molecular complexity index is 1280. The number of amides is 1. The molecule has 166 valence electrons. The van der Waals surface area contributed by atoms with Crippen molar-refractivity contribution in [2.24, 2.45) is 0 Å². The molecule has 0 fully saturated rings. The number of hydrogen-bond acceptors (Lipinski definition) is 5. The van der Waals surface area contributed by atoms with Crippen molar-refractivity contribution in [3.05, 3.63) is 92.4 Å². The van der Waals surface area contributed by atoms with E-state index >= 15 is 0 Å². The third-order valence-corrected chi connectivity index (χ3v) is 5.20. The first-order valence-electron chi connectivity index (χ1n) is 9.34. The van der Waals surface area contributed by atoms with Crippen molar-refractivity contribution < 1.29 is 19.1 Å². The van der Waals surface area contributed by atoms with Gasteiger partial charge in [0.1, 0.15) is 23.1 Å². The van der Waals surface area contributed by atoms with Crippen molar-refractivity contribution in [1.29, 1.82) is 5.26 Å². The second-order valence-electron chi connectivity index (χ2n) is 6.56. The lowest BCUT2D eigenvalue weighted by Gasteiger charge is -2.09. The Morgan fingerprint density at radius 3 is 2.33 bits per heavy atom. The second-order valence-corrected chi connectivity index (χ2v) is 7.81. The quantitative estimate of drug-likeness (QED) is 0.182. The maximum Gasteiger partial charge on any atom is 0.343 e.